The number of rotatable bonds is 5. The van der Waals surface area contributed by atoms with Crippen LogP contribution in [0.3, 0.4) is 0 Å². The van der Waals surface area contributed by atoms with Crippen LogP contribution in [0.4, 0.5) is 5.69 Å². The van der Waals surface area contributed by atoms with Gasteiger partial charge in [-0.3, -0.25) is 4.98 Å². The van der Waals surface area contributed by atoms with Gasteiger partial charge in [0.05, 0.1) is 28.4 Å². The van der Waals surface area contributed by atoms with Gasteiger partial charge in [-0.25, -0.2) is 4.79 Å². The lowest BCUT2D eigenvalue weighted by Crippen LogP contribution is -2.17. The predicted molar refractivity (Wildman–Crippen MR) is 119 cm³/mol. The van der Waals surface area contributed by atoms with Crippen molar-refractivity contribution >= 4 is 22.6 Å². The summed E-state index contributed by atoms with van der Waals surface area (Å²) in [7, 11) is 0. The Labute approximate surface area is 181 Å². The number of aryl methyl sites for hydroxylation is 1. The lowest BCUT2D eigenvalue weighted by molar-refractivity contribution is 0.0698. The van der Waals surface area contributed by atoms with Crippen LogP contribution in [0.15, 0.2) is 42.5 Å². The minimum atomic E-state index is -0.969. The van der Waals surface area contributed by atoms with Crippen LogP contribution in [0.1, 0.15) is 64.5 Å². The number of hydrogen-bond acceptors (Lipinski definition) is 5. The molecule has 1 saturated heterocycles. The van der Waals surface area contributed by atoms with Gasteiger partial charge in [0, 0.05) is 35.8 Å². The SMILES string of the molecule is Cc1cc([C@@H](C)Nc2ccccc2C(=O)O)c2nc(C3CCOCC3)c(C#N)cc2c1. The molecule has 31 heavy (non-hydrogen) atoms. The second-order valence-electron chi connectivity index (χ2n) is 8.06. The second kappa shape index (κ2) is 8.75. The quantitative estimate of drug-likeness (QED) is 0.596. The molecule has 1 aromatic heterocycles. The molecular weight excluding hydrogens is 390 g/mol. The third-order valence-corrected chi connectivity index (χ3v) is 5.85. The Kier molecular flexibility index (Phi) is 5.88. The van der Waals surface area contributed by atoms with Crippen LogP contribution >= 0.6 is 0 Å². The summed E-state index contributed by atoms with van der Waals surface area (Å²) in [6.07, 6.45) is 1.71. The highest BCUT2D eigenvalue weighted by Crippen LogP contribution is 2.34. The van der Waals surface area contributed by atoms with Crippen LogP contribution < -0.4 is 5.32 Å². The minimum Gasteiger partial charge on any atom is -0.478 e. The lowest BCUT2D eigenvalue weighted by Gasteiger charge is -2.24. The average molecular weight is 415 g/mol. The number of anilines is 1. The van der Waals surface area contributed by atoms with Gasteiger partial charge in [-0.05, 0) is 51.0 Å². The van der Waals surface area contributed by atoms with Gasteiger partial charge in [-0.2, -0.15) is 5.26 Å². The Morgan fingerprint density at radius 1 is 1.26 bits per heavy atom. The first-order valence-corrected chi connectivity index (χ1v) is 10.5. The fourth-order valence-corrected chi connectivity index (χ4v) is 4.29. The zero-order valence-corrected chi connectivity index (χ0v) is 17.7. The van der Waals surface area contributed by atoms with Crippen molar-refractivity contribution in [2.24, 2.45) is 0 Å². The topological polar surface area (TPSA) is 95.2 Å². The molecule has 2 heterocycles. The monoisotopic (exact) mass is 415 g/mol. The summed E-state index contributed by atoms with van der Waals surface area (Å²) >= 11 is 0. The van der Waals surface area contributed by atoms with E-state index in [2.05, 4.69) is 17.5 Å². The fraction of sp³-hybridized carbons (Fsp3) is 0.320. The molecule has 1 aliphatic heterocycles. The number of carboxylic acid groups (broad SMARTS) is 1. The van der Waals surface area contributed by atoms with Crippen molar-refractivity contribution in [3.63, 3.8) is 0 Å². The standard InChI is InChI=1S/C25H25N3O3/c1-15-11-18-13-19(14-26)23(17-7-9-31-10-8-17)28-24(18)21(12-15)16(2)27-22-6-4-3-5-20(22)25(29)30/h3-6,11-13,16-17,27H,7-10H2,1-2H3,(H,29,30)/t16-/m1/s1. The van der Waals surface area contributed by atoms with Crippen LogP contribution in [-0.4, -0.2) is 29.3 Å². The summed E-state index contributed by atoms with van der Waals surface area (Å²) in [4.78, 5) is 16.6. The number of carbonyl (C=O) groups is 1. The number of pyridine rings is 1. The molecule has 0 unspecified atom stereocenters. The molecule has 4 rings (SSSR count). The largest absolute Gasteiger partial charge is 0.478 e. The molecule has 2 N–H and O–H groups in total. The normalized spacial score (nSPS) is 15.4. The van der Waals surface area contributed by atoms with E-state index in [4.69, 9.17) is 9.72 Å². The van der Waals surface area contributed by atoms with Gasteiger partial charge in [0.1, 0.15) is 6.07 Å². The van der Waals surface area contributed by atoms with E-state index in [1.165, 1.54) is 0 Å². The highest BCUT2D eigenvalue weighted by molar-refractivity contribution is 5.94. The van der Waals surface area contributed by atoms with Gasteiger partial charge >= 0.3 is 5.97 Å². The number of nitriles is 1. The number of fused-ring (bicyclic) bond motifs is 1. The maximum Gasteiger partial charge on any atom is 0.337 e. The average Bonchev–Trinajstić information content (AvgIpc) is 2.78. The van der Waals surface area contributed by atoms with E-state index < -0.39 is 5.97 Å². The molecule has 0 spiro atoms. The molecule has 6 heteroatoms. The van der Waals surface area contributed by atoms with E-state index >= 15 is 0 Å². The summed E-state index contributed by atoms with van der Waals surface area (Å²) in [6.45, 7) is 5.38. The Morgan fingerprint density at radius 2 is 2.00 bits per heavy atom. The summed E-state index contributed by atoms with van der Waals surface area (Å²) < 4.78 is 5.49. The lowest BCUT2D eigenvalue weighted by atomic mass is 9.91. The molecule has 1 atom stereocenters. The van der Waals surface area contributed by atoms with E-state index in [0.717, 1.165) is 40.6 Å². The molecule has 1 aliphatic rings. The third kappa shape index (κ3) is 4.23. The summed E-state index contributed by atoms with van der Waals surface area (Å²) in [5.41, 5.74) is 5.14. The van der Waals surface area contributed by atoms with Crippen molar-refractivity contribution in [3.05, 3.63) is 70.4 Å². The number of nitrogens with one attached hydrogen (secondary N) is 1. The Morgan fingerprint density at radius 3 is 2.71 bits per heavy atom. The summed E-state index contributed by atoms with van der Waals surface area (Å²) in [5.74, 6) is -0.763. The number of aromatic nitrogens is 1. The Hall–Kier alpha value is -3.43. The van der Waals surface area contributed by atoms with Gasteiger partial charge in [0.2, 0.25) is 0 Å². The van der Waals surface area contributed by atoms with Crippen LogP contribution in [0.25, 0.3) is 10.9 Å². The van der Waals surface area contributed by atoms with Crippen molar-refractivity contribution in [1.82, 2.24) is 4.98 Å². The zero-order valence-electron chi connectivity index (χ0n) is 17.7. The first-order chi connectivity index (χ1) is 15.0. The Balaban J connectivity index is 1.80. The fourth-order valence-electron chi connectivity index (χ4n) is 4.29. The van der Waals surface area contributed by atoms with Crippen LogP contribution in [0, 0.1) is 18.3 Å². The third-order valence-electron chi connectivity index (χ3n) is 5.85. The highest BCUT2D eigenvalue weighted by atomic mass is 16.5. The van der Waals surface area contributed by atoms with Gasteiger partial charge in [0.15, 0.2) is 0 Å². The minimum absolute atomic E-state index is 0.175. The molecular formula is C25H25N3O3. The first-order valence-electron chi connectivity index (χ1n) is 10.5. The molecule has 2 aromatic carbocycles. The van der Waals surface area contributed by atoms with Gasteiger partial charge in [-0.15, -0.1) is 0 Å². The molecule has 0 radical (unpaired) electrons. The van der Waals surface area contributed by atoms with Gasteiger partial charge in [0.25, 0.3) is 0 Å². The van der Waals surface area contributed by atoms with Crippen molar-refractivity contribution < 1.29 is 14.6 Å². The smallest absolute Gasteiger partial charge is 0.337 e. The van der Waals surface area contributed by atoms with Crippen LogP contribution in [-0.2, 0) is 4.74 Å². The number of aromatic carboxylic acids is 1. The van der Waals surface area contributed by atoms with Gasteiger partial charge in [-0.1, -0.05) is 23.8 Å². The zero-order chi connectivity index (χ0) is 22.0. The maximum atomic E-state index is 11.6. The number of ether oxygens (including phenoxy) is 1. The molecule has 6 nitrogen and oxygen atoms in total. The second-order valence-corrected chi connectivity index (χ2v) is 8.06. The number of benzene rings is 2. The van der Waals surface area contributed by atoms with E-state index in [1.807, 2.05) is 32.0 Å². The summed E-state index contributed by atoms with van der Waals surface area (Å²) in [6, 6.07) is 15.1. The molecule has 0 bridgehead atoms. The molecule has 0 amide bonds. The number of hydrogen-bond donors (Lipinski definition) is 2. The number of para-hydroxylation sites is 1. The van der Waals surface area contributed by atoms with Crippen LogP contribution in [0.2, 0.25) is 0 Å². The summed E-state index contributed by atoms with van der Waals surface area (Å²) in [5, 5.41) is 23.5. The van der Waals surface area contributed by atoms with E-state index in [9.17, 15) is 15.2 Å². The van der Waals surface area contributed by atoms with E-state index in [0.29, 0.717) is 24.5 Å². The number of carboxylic acids is 1. The molecule has 0 aliphatic carbocycles. The highest BCUT2D eigenvalue weighted by Gasteiger charge is 2.23. The Bertz CT molecular complexity index is 1180. The van der Waals surface area contributed by atoms with Crippen molar-refractivity contribution in [2.45, 2.75) is 38.6 Å². The molecule has 158 valence electrons. The predicted octanol–water partition coefficient (Wildman–Crippen LogP) is 5.18. The van der Waals surface area contributed by atoms with Crippen LogP contribution in [0.5, 0.6) is 0 Å². The van der Waals surface area contributed by atoms with E-state index in [-0.39, 0.29) is 17.5 Å². The number of nitrogens with zero attached hydrogens (tertiary/aromatic N) is 2. The van der Waals surface area contributed by atoms with Crippen molar-refractivity contribution in [3.8, 4) is 6.07 Å². The van der Waals surface area contributed by atoms with Gasteiger partial charge < -0.3 is 15.2 Å². The maximum absolute atomic E-state index is 11.6. The molecule has 3 aromatic rings. The molecule has 1 fully saturated rings. The van der Waals surface area contributed by atoms with Crippen molar-refractivity contribution in [1.29, 1.82) is 5.26 Å². The van der Waals surface area contributed by atoms with Crippen molar-refractivity contribution in [2.75, 3.05) is 18.5 Å². The first kappa shape index (κ1) is 20.8. The molecule has 0 saturated carbocycles. The van der Waals surface area contributed by atoms with E-state index in [1.54, 1.807) is 18.2 Å².